The predicted molar refractivity (Wildman–Crippen MR) is 66.2 cm³/mol. The first kappa shape index (κ1) is 11.7. The minimum Gasteiger partial charge on any atom is -0.249 e. The molecule has 96 valence electrons. The lowest BCUT2D eigenvalue weighted by molar-refractivity contribution is 0.0137. The number of rotatable bonds is 2. The summed E-state index contributed by atoms with van der Waals surface area (Å²) in [5.41, 5.74) is 0.757. The van der Waals surface area contributed by atoms with Crippen LogP contribution in [0.3, 0.4) is 0 Å². The summed E-state index contributed by atoms with van der Waals surface area (Å²) in [6.45, 7) is 0.804. The maximum Gasteiger partial charge on any atom is 0.291 e. The summed E-state index contributed by atoms with van der Waals surface area (Å²) >= 11 is 0. The van der Waals surface area contributed by atoms with Gasteiger partial charge in [0.25, 0.3) is 5.92 Å². The van der Waals surface area contributed by atoms with Gasteiger partial charge in [0, 0.05) is 19.3 Å². The second kappa shape index (κ2) is 4.08. The van der Waals surface area contributed by atoms with Crippen LogP contribution in [-0.2, 0) is 5.92 Å². The van der Waals surface area contributed by atoms with Crippen LogP contribution < -0.4 is 0 Å². The molecule has 0 aliphatic heterocycles. The van der Waals surface area contributed by atoms with Gasteiger partial charge in [-0.1, -0.05) is 18.2 Å². The van der Waals surface area contributed by atoms with E-state index in [-0.39, 0.29) is 11.2 Å². The summed E-state index contributed by atoms with van der Waals surface area (Å²) < 4.78 is 28.5. The van der Waals surface area contributed by atoms with Crippen molar-refractivity contribution in [2.24, 2.45) is 0 Å². The monoisotopic (exact) mass is 260 g/mol. The number of halogens is 2. The normalized spacial score (nSPS) is 11.9. The molecular weight excluding hydrogens is 250 g/mol. The minimum atomic E-state index is -3.06. The molecule has 6 heteroatoms. The number of hydrogen-bond acceptors (Lipinski definition) is 3. The van der Waals surface area contributed by atoms with Crippen LogP contribution >= 0.6 is 0 Å². The fourth-order valence-electron chi connectivity index (χ4n) is 1.89. The summed E-state index contributed by atoms with van der Waals surface area (Å²) in [6, 6.07) is 9.01. The third-order valence-electron chi connectivity index (χ3n) is 2.72. The van der Waals surface area contributed by atoms with E-state index in [0.717, 1.165) is 6.92 Å². The first-order chi connectivity index (χ1) is 9.07. The van der Waals surface area contributed by atoms with Gasteiger partial charge in [-0.2, -0.15) is 13.9 Å². The van der Waals surface area contributed by atoms with Gasteiger partial charge >= 0.3 is 0 Å². The van der Waals surface area contributed by atoms with E-state index in [9.17, 15) is 8.78 Å². The van der Waals surface area contributed by atoms with E-state index >= 15 is 0 Å². The Morgan fingerprint density at radius 1 is 1.05 bits per heavy atom. The topological polar surface area (TPSA) is 43.6 Å². The zero-order chi connectivity index (χ0) is 13.5. The molecule has 0 unspecified atom stereocenters. The Kier molecular flexibility index (Phi) is 2.51. The van der Waals surface area contributed by atoms with Crippen LogP contribution in [0.2, 0.25) is 0 Å². The molecule has 0 atom stereocenters. The molecule has 0 saturated carbocycles. The molecule has 0 N–H and O–H groups in total. The Balaban J connectivity index is 2.33. The van der Waals surface area contributed by atoms with E-state index in [4.69, 9.17) is 0 Å². The average molecular weight is 260 g/mol. The van der Waals surface area contributed by atoms with Gasteiger partial charge in [-0.25, -0.2) is 14.6 Å². The minimum absolute atomic E-state index is 0.124. The molecule has 0 saturated heterocycles. The van der Waals surface area contributed by atoms with Crippen LogP contribution in [0.15, 0.2) is 42.7 Å². The van der Waals surface area contributed by atoms with Crippen LogP contribution in [0.25, 0.3) is 16.9 Å². The molecule has 0 bridgehead atoms. The van der Waals surface area contributed by atoms with Gasteiger partial charge in [0.05, 0.1) is 5.69 Å². The Morgan fingerprint density at radius 3 is 2.42 bits per heavy atom. The zero-order valence-corrected chi connectivity index (χ0v) is 10.1. The van der Waals surface area contributed by atoms with Crippen LogP contribution in [-0.4, -0.2) is 19.7 Å². The molecule has 0 amide bonds. The number of para-hydroxylation sites is 1. The lowest BCUT2D eigenvalue weighted by Crippen LogP contribution is -2.09. The Morgan fingerprint density at radius 2 is 1.74 bits per heavy atom. The number of alkyl halides is 2. The zero-order valence-electron chi connectivity index (χ0n) is 10.1. The van der Waals surface area contributed by atoms with Crippen molar-refractivity contribution in [3.05, 3.63) is 48.4 Å². The van der Waals surface area contributed by atoms with Gasteiger partial charge in [-0.3, -0.25) is 0 Å². The summed E-state index contributed by atoms with van der Waals surface area (Å²) in [7, 11) is 0. The highest BCUT2D eigenvalue weighted by atomic mass is 19.3. The van der Waals surface area contributed by atoms with Crippen molar-refractivity contribution in [1.82, 2.24) is 19.7 Å². The van der Waals surface area contributed by atoms with E-state index in [1.807, 2.05) is 18.2 Å². The van der Waals surface area contributed by atoms with E-state index in [1.54, 1.807) is 12.1 Å². The second-order valence-corrected chi connectivity index (χ2v) is 4.21. The first-order valence-electron chi connectivity index (χ1n) is 5.71. The van der Waals surface area contributed by atoms with Crippen molar-refractivity contribution < 1.29 is 8.78 Å². The number of benzene rings is 1. The maximum atomic E-state index is 13.6. The Labute approximate surface area is 107 Å². The van der Waals surface area contributed by atoms with Crippen molar-refractivity contribution in [2.75, 3.05) is 0 Å². The SMILES string of the molecule is CC(F)(F)c1nn(-c2ccccc2)c2nccnc12. The fraction of sp³-hybridized carbons (Fsp3) is 0.154. The van der Waals surface area contributed by atoms with E-state index in [1.165, 1.54) is 17.1 Å². The third-order valence-corrected chi connectivity index (χ3v) is 2.72. The lowest BCUT2D eigenvalue weighted by Gasteiger charge is -2.05. The average Bonchev–Trinajstić information content (AvgIpc) is 2.79. The summed E-state index contributed by atoms with van der Waals surface area (Å²) in [4.78, 5) is 8.06. The van der Waals surface area contributed by atoms with Gasteiger partial charge in [-0.05, 0) is 12.1 Å². The molecule has 2 heterocycles. The molecule has 4 nitrogen and oxygen atoms in total. The quantitative estimate of drug-likeness (QED) is 0.711. The summed E-state index contributed by atoms with van der Waals surface area (Å²) in [5, 5.41) is 3.97. The Bertz CT molecular complexity index is 716. The molecular formula is C13H10F2N4. The summed E-state index contributed by atoms with van der Waals surface area (Å²) in [6.07, 6.45) is 2.84. The number of aromatic nitrogens is 4. The van der Waals surface area contributed by atoms with Gasteiger partial charge in [0.2, 0.25) is 0 Å². The third kappa shape index (κ3) is 1.95. The van der Waals surface area contributed by atoms with Gasteiger partial charge < -0.3 is 0 Å². The number of hydrogen-bond donors (Lipinski definition) is 0. The molecule has 1 aromatic carbocycles. The van der Waals surface area contributed by atoms with Gasteiger partial charge in [0.15, 0.2) is 11.3 Å². The van der Waals surface area contributed by atoms with Gasteiger partial charge in [0.1, 0.15) is 5.52 Å². The van der Waals surface area contributed by atoms with Crippen molar-refractivity contribution >= 4 is 11.2 Å². The van der Waals surface area contributed by atoms with Crippen molar-refractivity contribution in [3.8, 4) is 5.69 Å². The second-order valence-electron chi connectivity index (χ2n) is 4.21. The Hall–Kier alpha value is -2.37. The molecule has 0 aliphatic rings. The standard InChI is InChI=1S/C13H10F2N4/c1-13(14,15)11-10-12(17-8-7-16-10)19(18-11)9-5-3-2-4-6-9/h2-8H,1H3. The largest absolute Gasteiger partial charge is 0.291 e. The predicted octanol–water partition coefficient (Wildman–Crippen LogP) is 2.93. The van der Waals surface area contributed by atoms with Crippen LogP contribution in [0.5, 0.6) is 0 Å². The van der Waals surface area contributed by atoms with Crippen molar-refractivity contribution in [1.29, 1.82) is 0 Å². The number of nitrogens with zero attached hydrogens (tertiary/aromatic N) is 4. The molecule has 0 spiro atoms. The van der Waals surface area contributed by atoms with Crippen molar-refractivity contribution in [3.63, 3.8) is 0 Å². The highest BCUT2D eigenvalue weighted by Gasteiger charge is 2.32. The van der Waals surface area contributed by atoms with Crippen LogP contribution in [0.4, 0.5) is 8.78 Å². The fourth-order valence-corrected chi connectivity index (χ4v) is 1.89. The lowest BCUT2D eigenvalue weighted by atomic mass is 10.2. The molecule has 3 aromatic rings. The highest BCUT2D eigenvalue weighted by molar-refractivity contribution is 5.75. The van der Waals surface area contributed by atoms with E-state index in [0.29, 0.717) is 11.3 Å². The van der Waals surface area contributed by atoms with Crippen LogP contribution in [0.1, 0.15) is 12.6 Å². The smallest absolute Gasteiger partial charge is 0.249 e. The maximum absolute atomic E-state index is 13.6. The molecule has 3 rings (SSSR count). The van der Waals surface area contributed by atoms with Crippen LogP contribution in [0, 0.1) is 0 Å². The molecule has 2 aromatic heterocycles. The van der Waals surface area contributed by atoms with E-state index < -0.39 is 5.92 Å². The van der Waals surface area contributed by atoms with Gasteiger partial charge in [-0.15, -0.1) is 0 Å². The number of fused-ring (bicyclic) bond motifs is 1. The highest BCUT2D eigenvalue weighted by Crippen LogP contribution is 2.31. The van der Waals surface area contributed by atoms with Crippen molar-refractivity contribution in [2.45, 2.75) is 12.8 Å². The molecule has 0 aliphatic carbocycles. The summed E-state index contributed by atoms with van der Waals surface area (Å²) in [5.74, 6) is -3.06. The molecule has 19 heavy (non-hydrogen) atoms. The van der Waals surface area contributed by atoms with E-state index in [2.05, 4.69) is 15.1 Å². The molecule has 0 radical (unpaired) electrons. The molecule has 0 fully saturated rings. The first-order valence-corrected chi connectivity index (χ1v) is 5.71.